The molecule has 2 rings (SSSR count). The summed E-state index contributed by atoms with van der Waals surface area (Å²) in [4.78, 5) is 8.93. The molecule has 0 aliphatic heterocycles. The third-order valence-corrected chi connectivity index (χ3v) is 3.69. The quantitative estimate of drug-likeness (QED) is 0.727. The van der Waals surface area contributed by atoms with E-state index in [1.54, 1.807) is 7.11 Å². The number of ether oxygens (including phenoxy) is 1. The van der Waals surface area contributed by atoms with Crippen LogP contribution in [0.4, 0.5) is 11.6 Å². The molecule has 1 aromatic rings. The van der Waals surface area contributed by atoms with Gasteiger partial charge in [-0.25, -0.2) is 9.97 Å². The Labute approximate surface area is 121 Å². The minimum Gasteiger partial charge on any atom is -0.377 e. The zero-order chi connectivity index (χ0) is 14.2. The molecule has 0 unspecified atom stereocenters. The molecule has 0 bridgehead atoms. The molecule has 112 valence electrons. The molecule has 0 amide bonds. The summed E-state index contributed by atoms with van der Waals surface area (Å²) in [6.45, 7) is 4.49. The Morgan fingerprint density at radius 2 is 1.90 bits per heavy atom. The Bertz CT molecular complexity index is 407. The van der Waals surface area contributed by atoms with E-state index < -0.39 is 0 Å². The third-order valence-electron chi connectivity index (χ3n) is 3.69. The first kappa shape index (κ1) is 15.0. The number of methoxy groups -OCH3 is 1. The van der Waals surface area contributed by atoms with Crippen LogP contribution in [-0.4, -0.2) is 30.2 Å². The molecule has 2 N–H and O–H groups in total. The molecule has 1 aliphatic rings. The van der Waals surface area contributed by atoms with Gasteiger partial charge in [0.2, 0.25) is 0 Å². The van der Waals surface area contributed by atoms with E-state index in [-0.39, 0.29) is 0 Å². The van der Waals surface area contributed by atoms with Gasteiger partial charge in [0.25, 0.3) is 0 Å². The van der Waals surface area contributed by atoms with Crippen LogP contribution in [0.5, 0.6) is 0 Å². The lowest BCUT2D eigenvalue weighted by Crippen LogP contribution is -2.16. The predicted octanol–water partition coefficient (Wildman–Crippen LogP) is 3.05. The summed E-state index contributed by atoms with van der Waals surface area (Å²) in [6, 6.07) is 1.98. The highest BCUT2D eigenvalue weighted by Gasteiger charge is 2.16. The molecular formula is C15H26N4O. The number of nitrogens with one attached hydrogen (secondary N) is 2. The van der Waals surface area contributed by atoms with Gasteiger partial charge < -0.3 is 15.4 Å². The van der Waals surface area contributed by atoms with Crippen molar-refractivity contribution < 1.29 is 4.74 Å². The molecule has 0 spiro atoms. The summed E-state index contributed by atoms with van der Waals surface area (Å²) in [5, 5.41) is 6.72. The second-order valence-electron chi connectivity index (χ2n) is 5.43. The summed E-state index contributed by atoms with van der Waals surface area (Å²) < 4.78 is 5.13. The fourth-order valence-electron chi connectivity index (χ4n) is 2.31. The average Bonchev–Trinajstić information content (AvgIpc) is 2.39. The molecule has 20 heavy (non-hydrogen) atoms. The lowest BCUT2D eigenvalue weighted by molar-refractivity contribution is 0.178. The first-order valence-corrected chi connectivity index (χ1v) is 7.66. The van der Waals surface area contributed by atoms with Gasteiger partial charge in [0.1, 0.15) is 18.2 Å². The predicted molar refractivity (Wildman–Crippen MR) is 82.0 cm³/mol. The highest BCUT2D eigenvalue weighted by atomic mass is 16.5. The van der Waals surface area contributed by atoms with Crippen LogP contribution < -0.4 is 10.6 Å². The molecule has 0 aromatic carbocycles. The molecular weight excluding hydrogens is 252 g/mol. The van der Waals surface area contributed by atoms with Gasteiger partial charge in [-0.3, -0.25) is 0 Å². The smallest absolute Gasteiger partial charge is 0.158 e. The Kier molecular flexibility index (Phi) is 6.05. The average molecular weight is 278 g/mol. The summed E-state index contributed by atoms with van der Waals surface area (Å²) >= 11 is 0. The molecule has 1 heterocycles. The molecule has 5 heteroatoms. The van der Waals surface area contributed by atoms with Crippen molar-refractivity contribution in [2.24, 2.45) is 5.92 Å². The number of hydrogen-bond donors (Lipinski definition) is 2. The molecule has 1 fully saturated rings. The van der Waals surface area contributed by atoms with Crippen LogP contribution in [0.25, 0.3) is 0 Å². The van der Waals surface area contributed by atoms with E-state index >= 15 is 0 Å². The van der Waals surface area contributed by atoms with E-state index in [9.17, 15) is 0 Å². The highest BCUT2D eigenvalue weighted by Crippen LogP contribution is 2.29. The number of rotatable bonds is 9. The highest BCUT2D eigenvalue weighted by molar-refractivity contribution is 5.47. The number of anilines is 2. The Morgan fingerprint density at radius 3 is 2.45 bits per heavy atom. The second-order valence-corrected chi connectivity index (χ2v) is 5.43. The minimum atomic E-state index is 0.443. The van der Waals surface area contributed by atoms with E-state index in [4.69, 9.17) is 4.74 Å². The van der Waals surface area contributed by atoms with Crippen LogP contribution in [0.15, 0.2) is 6.07 Å². The zero-order valence-corrected chi connectivity index (χ0v) is 12.6. The molecule has 1 aliphatic carbocycles. The zero-order valence-electron chi connectivity index (χ0n) is 12.6. The van der Waals surface area contributed by atoms with Gasteiger partial charge in [-0.05, 0) is 18.8 Å². The van der Waals surface area contributed by atoms with Crippen LogP contribution in [0, 0.1) is 5.92 Å². The topological polar surface area (TPSA) is 59.1 Å². The largest absolute Gasteiger partial charge is 0.377 e. The minimum absolute atomic E-state index is 0.443. The molecule has 0 atom stereocenters. The maximum absolute atomic E-state index is 5.13. The monoisotopic (exact) mass is 278 g/mol. The van der Waals surface area contributed by atoms with Crippen LogP contribution in [0.1, 0.15) is 44.9 Å². The van der Waals surface area contributed by atoms with Gasteiger partial charge in [0.15, 0.2) is 5.82 Å². The van der Waals surface area contributed by atoms with Crippen molar-refractivity contribution in [3.05, 3.63) is 11.9 Å². The van der Waals surface area contributed by atoms with E-state index in [1.807, 2.05) is 6.07 Å². The fourth-order valence-corrected chi connectivity index (χ4v) is 2.31. The van der Waals surface area contributed by atoms with Crippen molar-refractivity contribution >= 4 is 11.6 Å². The third kappa shape index (κ3) is 4.63. The molecule has 5 nitrogen and oxygen atoms in total. The molecule has 1 saturated carbocycles. The lowest BCUT2D eigenvalue weighted by atomic mass is 9.83. The SMILES string of the molecule is CCCNc1cc(NCCC2CCC2)nc(COC)n1. The van der Waals surface area contributed by atoms with Gasteiger partial charge in [0.05, 0.1) is 0 Å². The van der Waals surface area contributed by atoms with Gasteiger partial charge in [-0.15, -0.1) is 0 Å². The first-order valence-electron chi connectivity index (χ1n) is 7.66. The van der Waals surface area contributed by atoms with Crippen LogP contribution in [0.2, 0.25) is 0 Å². The summed E-state index contributed by atoms with van der Waals surface area (Å²) in [7, 11) is 1.67. The summed E-state index contributed by atoms with van der Waals surface area (Å²) in [5.41, 5.74) is 0. The van der Waals surface area contributed by atoms with E-state index in [1.165, 1.54) is 25.7 Å². The molecule has 1 aromatic heterocycles. The van der Waals surface area contributed by atoms with Crippen molar-refractivity contribution in [3.63, 3.8) is 0 Å². The Morgan fingerprint density at radius 1 is 1.20 bits per heavy atom. The Balaban J connectivity index is 1.91. The number of nitrogens with zero attached hydrogens (tertiary/aromatic N) is 2. The standard InChI is InChI=1S/C15H26N4O/c1-3-8-16-13-10-14(19-15(18-13)11-20-2)17-9-7-12-5-4-6-12/h10,12H,3-9,11H2,1-2H3,(H2,16,17,18,19). The van der Waals surface area contributed by atoms with Crippen molar-refractivity contribution in [1.29, 1.82) is 0 Å². The van der Waals surface area contributed by atoms with E-state index in [0.717, 1.165) is 42.9 Å². The van der Waals surface area contributed by atoms with Crippen molar-refractivity contribution in [2.75, 3.05) is 30.8 Å². The van der Waals surface area contributed by atoms with Gasteiger partial charge >= 0.3 is 0 Å². The summed E-state index contributed by atoms with van der Waals surface area (Å²) in [6.07, 6.45) is 6.50. The number of aromatic nitrogens is 2. The van der Waals surface area contributed by atoms with Crippen molar-refractivity contribution in [1.82, 2.24) is 9.97 Å². The number of hydrogen-bond acceptors (Lipinski definition) is 5. The first-order chi connectivity index (χ1) is 9.81. The van der Waals surface area contributed by atoms with Crippen LogP contribution in [0.3, 0.4) is 0 Å². The molecule has 0 radical (unpaired) electrons. The Hall–Kier alpha value is -1.36. The maximum atomic E-state index is 5.13. The maximum Gasteiger partial charge on any atom is 0.158 e. The normalized spacial score (nSPS) is 14.9. The summed E-state index contributed by atoms with van der Waals surface area (Å²) in [5.74, 6) is 3.41. The van der Waals surface area contributed by atoms with Gasteiger partial charge in [-0.2, -0.15) is 0 Å². The van der Waals surface area contributed by atoms with Crippen LogP contribution in [-0.2, 0) is 11.3 Å². The van der Waals surface area contributed by atoms with Crippen molar-refractivity contribution in [2.45, 2.75) is 45.6 Å². The van der Waals surface area contributed by atoms with Gasteiger partial charge in [-0.1, -0.05) is 26.2 Å². The van der Waals surface area contributed by atoms with Crippen molar-refractivity contribution in [3.8, 4) is 0 Å². The van der Waals surface area contributed by atoms with Gasteiger partial charge in [0, 0.05) is 26.3 Å². The van der Waals surface area contributed by atoms with Crippen LogP contribution >= 0.6 is 0 Å². The van der Waals surface area contributed by atoms with E-state index in [2.05, 4.69) is 27.5 Å². The van der Waals surface area contributed by atoms with E-state index in [0.29, 0.717) is 6.61 Å². The fraction of sp³-hybridized carbons (Fsp3) is 0.733. The lowest BCUT2D eigenvalue weighted by Gasteiger charge is -2.25. The second kappa shape index (κ2) is 8.04. The molecule has 0 saturated heterocycles.